The highest BCUT2D eigenvalue weighted by Crippen LogP contribution is 2.30. The highest BCUT2D eigenvalue weighted by atomic mass is 32.2. The minimum atomic E-state index is -3.85. The molecule has 0 atom stereocenters. The van der Waals surface area contributed by atoms with E-state index in [1.807, 2.05) is 6.92 Å². The first-order valence-corrected chi connectivity index (χ1v) is 8.44. The van der Waals surface area contributed by atoms with Gasteiger partial charge in [0.25, 0.3) is 5.69 Å². The Hall–Kier alpha value is -1.67. The van der Waals surface area contributed by atoms with Crippen LogP contribution in [-0.4, -0.2) is 26.4 Å². The summed E-state index contributed by atoms with van der Waals surface area (Å²) in [6.07, 6.45) is 2.88. The molecule has 0 unspecified atom stereocenters. The molecule has 0 saturated heterocycles. The van der Waals surface area contributed by atoms with E-state index in [0.29, 0.717) is 24.7 Å². The minimum Gasteiger partial charge on any atom is -0.385 e. The van der Waals surface area contributed by atoms with Crippen molar-refractivity contribution < 1.29 is 13.3 Å². The smallest absolute Gasteiger partial charge is 0.291 e. The summed E-state index contributed by atoms with van der Waals surface area (Å²) in [6, 6.07) is 4.10. The van der Waals surface area contributed by atoms with Crippen LogP contribution in [0.25, 0.3) is 0 Å². The van der Waals surface area contributed by atoms with E-state index in [4.69, 9.17) is 0 Å². The minimum absolute atomic E-state index is 0.282. The Bertz CT molecular complexity index is 626. The molecule has 0 aromatic heterocycles. The highest BCUT2D eigenvalue weighted by Gasteiger charge is 2.29. The normalized spacial score (nSPS) is 14.9. The lowest BCUT2D eigenvalue weighted by molar-refractivity contribution is -0.387. The SMILES string of the molecule is CCCNc1ccc(S(=O)(=O)NCC2CC2)c([N+](=O)[O-])c1. The van der Waals surface area contributed by atoms with E-state index in [9.17, 15) is 18.5 Å². The molecule has 8 heteroatoms. The number of nitrogens with one attached hydrogen (secondary N) is 2. The molecule has 1 saturated carbocycles. The Morgan fingerprint density at radius 1 is 1.38 bits per heavy atom. The number of nitro groups is 1. The van der Waals surface area contributed by atoms with Crippen molar-refractivity contribution in [3.63, 3.8) is 0 Å². The zero-order valence-electron chi connectivity index (χ0n) is 11.8. The van der Waals surface area contributed by atoms with Gasteiger partial charge in [-0.2, -0.15) is 0 Å². The number of nitrogens with zero attached hydrogens (tertiary/aromatic N) is 1. The van der Waals surface area contributed by atoms with Crippen LogP contribution in [0.5, 0.6) is 0 Å². The highest BCUT2D eigenvalue weighted by molar-refractivity contribution is 7.89. The molecular weight excluding hydrogens is 294 g/mol. The summed E-state index contributed by atoms with van der Waals surface area (Å²) in [6.45, 7) is 2.99. The molecule has 0 heterocycles. The second-order valence-electron chi connectivity index (χ2n) is 5.16. The Morgan fingerprint density at radius 2 is 2.10 bits per heavy atom. The summed E-state index contributed by atoms with van der Waals surface area (Å²) in [4.78, 5) is 10.2. The van der Waals surface area contributed by atoms with Crippen LogP contribution < -0.4 is 10.0 Å². The van der Waals surface area contributed by atoms with Crippen LogP contribution in [0.15, 0.2) is 23.1 Å². The van der Waals surface area contributed by atoms with Crippen molar-refractivity contribution in [3.8, 4) is 0 Å². The third-order valence-corrected chi connectivity index (χ3v) is 4.75. The Kier molecular flexibility index (Phi) is 4.79. The van der Waals surface area contributed by atoms with Gasteiger partial charge in [0.15, 0.2) is 4.90 Å². The second-order valence-corrected chi connectivity index (χ2v) is 6.90. The number of anilines is 1. The second kappa shape index (κ2) is 6.40. The fraction of sp³-hybridized carbons (Fsp3) is 0.538. The first-order chi connectivity index (χ1) is 9.94. The summed E-state index contributed by atoms with van der Waals surface area (Å²) in [5, 5.41) is 14.1. The molecule has 1 aliphatic carbocycles. The lowest BCUT2D eigenvalue weighted by Crippen LogP contribution is -2.26. The molecule has 21 heavy (non-hydrogen) atoms. The predicted molar refractivity (Wildman–Crippen MR) is 79.8 cm³/mol. The molecule has 0 bridgehead atoms. The summed E-state index contributed by atoms with van der Waals surface area (Å²) in [7, 11) is -3.85. The quantitative estimate of drug-likeness (QED) is 0.565. The van der Waals surface area contributed by atoms with E-state index in [2.05, 4.69) is 10.0 Å². The molecule has 1 fully saturated rings. The number of hydrogen-bond acceptors (Lipinski definition) is 5. The van der Waals surface area contributed by atoms with Gasteiger partial charge >= 0.3 is 0 Å². The average molecular weight is 313 g/mol. The summed E-state index contributed by atoms with van der Waals surface area (Å²) in [5.41, 5.74) is 0.143. The number of hydrogen-bond donors (Lipinski definition) is 2. The van der Waals surface area contributed by atoms with Crippen molar-refractivity contribution in [1.82, 2.24) is 4.72 Å². The van der Waals surface area contributed by atoms with Crippen LogP contribution in [0.4, 0.5) is 11.4 Å². The Labute approximate surface area is 123 Å². The third kappa shape index (κ3) is 4.15. The van der Waals surface area contributed by atoms with Gasteiger partial charge < -0.3 is 5.32 Å². The number of benzene rings is 1. The van der Waals surface area contributed by atoms with Crippen LogP contribution in [0.3, 0.4) is 0 Å². The van der Waals surface area contributed by atoms with Crippen molar-refractivity contribution >= 4 is 21.4 Å². The van der Waals surface area contributed by atoms with Gasteiger partial charge in [0.2, 0.25) is 10.0 Å². The first-order valence-electron chi connectivity index (χ1n) is 6.96. The molecule has 1 aliphatic rings. The van der Waals surface area contributed by atoms with Crippen LogP contribution >= 0.6 is 0 Å². The van der Waals surface area contributed by atoms with Gasteiger partial charge in [0, 0.05) is 24.8 Å². The number of sulfonamides is 1. The van der Waals surface area contributed by atoms with Gasteiger partial charge in [-0.1, -0.05) is 6.92 Å². The fourth-order valence-electron chi connectivity index (χ4n) is 1.89. The summed E-state index contributed by atoms with van der Waals surface area (Å²) < 4.78 is 26.8. The zero-order chi connectivity index (χ0) is 15.5. The first kappa shape index (κ1) is 15.7. The van der Waals surface area contributed by atoms with Crippen molar-refractivity contribution in [2.45, 2.75) is 31.1 Å². The lowest BCUT2D eigenvalue weighted by Gasteiger charge is -2.09. The third-order valence-electron chi connectivity index (χ3n) is 3.28. The maximum Gasteiger partial charge on any atom is 0.291 e. The van der Waals surface area contributed by atoms with Crippen molar-refractivity contribution in [1.29, 1.82) is 0 Å². The van der Waals surface area contributed by atoms with E-state index in [1.165, 1.54) is 12.1 Å². The van der Waals surface area contributed by atoms with Gasteiger partial charge in [-0.25, -0.2) is 13.1 Å². The van der Waals surface area contributed by atoms with E-state index < -0.39 is 20.6 Å². The van der Waals surface area contributed by atoms with Crippen LogP contribution in [0.2, 0.25) is 0 Å². The molecule has 1 aromatic carbocycles. The molecule has 2 N–H and O–H groups in total. The van der Waals surface area contributed by atoms with E-state index in [1.54, 1.807) is 6.07 Å². The van der Waals surface area contributed by atoms with Gasteiger partial charge in [0.1, 0.15) is 0 Å². The molecule has 7 nitrogen and oxygen atoms in total. The Balaban J connectivity index is 2.26. The zero-order valence-corrected chi connectivity index (χ0v) is 12.6. The molecule has 116 valence electrons. The molecule has 0 radical (unpaired) electrons. The van der Waals surface area contributed by atoms with Crippen molar-refractivity contribution in [2.24, 2.45) is 5.92 Å². The number of rotatable bonds is 8. The van der Waals surface area contributed by atoms with E-state index in [-0.39, 0.29) is 4.90 Å². The van der Waals surface area contributed by atoms with Gasteiger partial charge in [-0.3, -0.25) is 10.1 Å². The van der Waals surface area contributed by atoms with Crippen LogP contribution in [0, 0.1) is 16.0 Å². The van der Waals surface area contributed by atoms with E-state index >= 15 is 0 Å². The molecule has 0 aliphatic heterocycles. The maximum absolute atomic E-state index is 12.2. The van der Waals surface area contributed by atoms with Crippen molar-refractivity contribution in [3.05, 3.63) is 28.3 Å². The molecular formula is C13H19N3O4S. The number of nitro benzene ring substituents is 1. The monoisotopic (exact) mass is 313 g/mol. The molecule has 1 aromatic rings. The standard InChI is InChI=1S/C13H19N3O4S/c1-2-7-14-11-5-6-13(12(8-11)16(17)18)21(19,20)15-9-10-3-4-10/h5-6,8,10,14-15H,2-4,7,9H2,1H3. The van der Waals surface area contributed by atoms with E-state index in [0.717, 1.165) is 19.3 Å². The summed E-state index contributed by atoms with van der Waals surface area (Å²) >= 11 is 0. The summed E-state index contributed by atoms with van der Waals surface area (Å²) in [5.74, 6) is 0.365. The van der Waals surface area contributed by atoms with Crippen LogP contribution in [-0.2, 0) is 10.0 Å². The van der Waals surface area contributed by atoms with Crippen molar-refractivity contribution in [2.75, 3.05) is 18.4 Å². The molecule has 0 spiro atoms. The fourth-order valence-corrected chi connectivity index (χ4v) is 3.16. The Morgan fingerprint density at radius 3 is 2.67 bits per heavy atom. The maximum atomic E-state index is 12.2. The molecule has 0 amide bonds. The van der Waals surface area contributed by atoms with Gasteiger partial charge in [-0.15, -0.1) is 0 Å². The molecule has 2 rings (SSSR count). The lowest BCUT2D eigenvalue weighted by atomic mass is 10.2. The van der Waals surface area contributed by atoms with Gasteiger partial charge in [-0.05, 0) is 37.3 Å². The average Bonchev–Trinajstić information content (AvgIpc) is 3.27. The van der Waals surface area contributed by atoms with Crippen LogP contribution in [0.1, 0.15) is 26.2 Å². The van der Waals surface area contributed by atoms with Gasteiger partial charge in [0.05, 0.1) is 4.92 Å². The topological polar surface area (TPSA) is 101 Å². The predicted octanol–water partition coefficient (Wildman–Crippen LogP) is 2.10. The largest absolute Gasteiger partial charge is 0.385 e.